The van der Waals surface area contributed by atoms with Crippen LogP contribution >= 0.6 is 11.6 Å². The fraction of sp³-hybridized carbons (Fsp3) is 0.200. The highest BCUT2D eigenvalue weighted by molar-refractivity contribution is 6.32. The van der Waals surface area contributed by atoms with Crippen molar-refractivity contribution < 1.29 is 19.8 Å². The van der Waals surface area contributed by atoms with Crippen LogP contribution < -0.4 is 5.32 Å². The molecule has 0 aliphatic heterocycles. The van der Waals surface area contributed by atoms with Crippen molar-refractivity contribution in [3.8, 4) is 5.75 Å². The minimum Gasteiger partial charge on any atom is -0.506 e. The zero-order chi connectivity index (χ0) is 12.3. The number of nitrogens with one attached hydrogen (secondary N) is 1. The summed E-state index contributed by atoms with van der Waals surface area (Å²) in [6.07, 6.45) is 0. The topological polar surface area (TPSA) is 86.6 Å². The molecule has 1 rings (SSSR count). The van der Waals surface area contributed by atoms with E-state index in [1.54, 1.807) is 0 Å². The molecule has 1 amide bonds. The van der Waals surface area contributed by atoms with Crippen LogP contribution in [0.25, 0.3) is 0 Å². The van der Waals surface area contributed by atoms with E-state index >= 15 is 0 Å². The number of hydrogen-bond donors (Lipinski definition) is 3. The lowest BCUT2D eigenvalue weighted by Gasteiger charge is -2.08. The lowest BCUT2D eigenvalue weighted by atomic mass is 10.2. The van der Waals surface area contributed by atoms with Crippen LogP contribution in [0.15, 0.2) is 18.2 Å². The lowest BCUT2D eigenvalue weighted by molar-refractivity contribution is -0.115. The van der Waals surface area contributed by atoms with Crippen LogP contribution in [0.4, 0.5) is 5.69 Å². The Morgan fingerprint density at radius 1 is 1.44 bits per heavy atom. The Kier molecular flexibility index (Phi) is 3.73. The van der Waals surface area contributed by atoms with Crippen LogP contribution in [-0.2, 0) is 4.79 Å². The summed E-state index contributed by atoms with van der Waals surface area (Å²) in [5, 5.41) is 19.7. The Labute approximate surface area is 96.7 Å². The average molecular weight is 244 g/mol. The van der Waals surface area contributed by atoms with Gasteiger partial charge in [0.15, 0.2) is 0 Å². The van der Waals surface area contributed by atoms with Crippen molar-refractivity contribution in [2.24, 2.45) is 0 Å². The van der Waals surface area contributed by atoms with Gasteiger partial charge in [-0.3, -0.25) is 4.79 Å². The molecule has 0 aliphatic rings. The Balaban J connectivity index is 2.99. The smallest absolute Gasteiger partial charge is 0.335 e. The van der Waals surface area contributed by atoms with Gasteiger partial charge in [0.1, 0.15) is 11.1 Å². The second-order valence-corrected chi connectivity index (χ2v) is 3.80. The highest BCUT2D eigenvalue weighted by atomic mass is 35.5. The SMILES string of the molecule is CC(Cl)C(=O)Nc1cc(C(=O)O)ccc1O. The molecule has 1 atom stereocenters. The van der Waals surface area contributed by atoms with Gasteiger partial charge in [-0.15, -0.1) is 11.6 Å². The van der Waals surface area contributed by atoms with E-state index in [0.717, 1.165) is 6.07 Å². The second-order valence-electron chi connectivity index (χ2n) is 3.14. The number of aromatic hydroxyl groups is 1. The Morgan fingerprint density at radius 2 is 2.06 bits per heavy atom. The molecule has 86 valence electrons. The zero-order valence-corrected chi connectivity index (χ0v) is 9.15. The van der Waals surface area contributed by atoms with Crippen molar-refractivity contribution in [1.82, 2.24) is 0 Å². The van der Waals surface area contributed by atoms with Crippen molar-refractivity contribution in [2.75, 3.05) is 5.32 Å². The highest BCUT2D eigenvalue weighted by Crippen LogP contribution is 2.24. The first kappa shape index (κ1) is 12.3. The molecule has 1 aromatic carbocycles. The fourth-order valence-electron chi connectivity index (χ4n) is 1.00. The number of carboxylic acids is 1. The summed E-state index contributed by atoms with van der Waals surface area (Å²) in [5.41, 5.74) is -0.00674. The number of benzene rings is 1. The number of hydrogen-bond acceptors (Lipinski definition) is 3. The summed E-state index contributed by atoms with van der Waals surface area (Å²) in [7, 11) is 0. The van der Waals surface area contributed by atoms with Gasteiger partial charge in [0.2, 0.25) is 5.91 Å². The van der Waals surface area contributed by atoms with Crippen LogP contribution in [0, 0.1) is 0 Å². The summed E-state index contributed by atoms with van der Waals surface area (Å²) in [6, 6.07) is 3.59. The normalized spacial score (nSPS) is 11.9. The number of alkyl halides is 1. The van der Waals surface area contributed by atoms with Gasteiger partial charge in [-0.25, -0.2) is 4.79 Å². The Hall–Kier alpha value is -1.75. The quantitative estimate of drug-likeness (QED) is 0.557. The number of carbonyl (C=O) groups is 2. The minimum absolute atomic E-state index is 0.0254. The first-order valence-electron chi connectivity index (χ1n) is 4.43. The molecule has 0 radical (unpaired) electrons. The molecule has 1 aromatic rings. The minimum atomic E-state index is -1.14. The lowest BCUT2D eigenvalue weighted by Crippen LogP contribution is -2.20. The van der Waals surface area contributed by atoms with Crippen molar-refractivity contribution >= 4 is 29.2 Å². The van der Waals surface area contributed by atoms with E-state index in [4.69, 9.17) is 16.7 Å². The molecule has 0 aliphatic carbocycles. The predicted molar refractivity (Wildman–Crippen MR) is 59.0 cm³/mol. The van der Waals surface area contributed by atoms with E-state index in [-0.39, 0.29) is 17.0 Å². The van der Waals surface area contributed by atoms with Crippen molar-refractivity contribution in [3.63, 3.8) is 0 Å². The van der Waals surface area contributed by atoms with Crippen molar-refractivity contribution in [3.05, 3.63) is 23.8 Å². The third-order valence-electron chi connectivity index (χ3n) is 1.86. The van der Waals surface area contributed by atoms with Crippen molar-refractivity contribution in [1.29, 1.82) is 0 Å². The molecular formula is C10H10ClNO4. The van der Waals surface area contributed by atoms with E-state index in [9.17, 15) is 14.7 Å². The number of phenols is 1. The molecular weight excluding hydrogens is 234 g/mol. The molecule has 0 spiro atoms. The Bertz CT molecular complexity index is 431. The van der Waals surface area contributed by atoms with Gasteiger partial charge in [-0.1, -0.05) is 0 Å². The third-order valence-corrected chi connectivity index (χ3v) is 2.06. The molecule has 0 saturated carbocycles. The summed E-state index contributed by atoms with van der Waals surface area (Å²) in [5.74, 6) is -1.87. The fourth-order valence-corrected chi connectivity index (χ4v) is 1.06. The molecule has 16 heavy (non-hydrogen) atoms. The van der Waals surface area contributed by atoms with Crippen LogP contribution in [0.2, 0.25) is 0 Å². The molecule has 1 unspecified atom stereocenters. The van der Waals surface area contributed by atoms with Crippen molar-refractivity contribution in [2.45, 2.75) is 12.3 Å². The molecule has 0 saturated heterocycles. The molecule has 6 heteroatoms. The zero-order valence-electron chi connectivity index (χ0n) is 8.40. The number of halogens is 1. The third kappa shape index (κ3) is 2.87. The van der Waals surface area contributed by atoms with Gasteiger partial charge >= 0.3 is 5.97 Å². The molecule has 0 heterocycles. The number of phenolic OH excluding ortho intramolecular Hbond substituents is 1. The number of anilines is 1. The number of amides is 1. The first-order valence-corrected chi connectivity index (χ1v) is 4.86. The monoisotopic (exact) mass is 243 g/mol. The van der Waals surface area contributed by atoms with E-state index in [2.05, 4.69) is 5.32 Å². The van der Waals surface area contributed by atoms with Gasteiger partial charge in [0, 0.05) is 0 Å². The summed E-state index contributed by atoms with van der Waals surface area (Å²) >= 11 is 5.52. The predicted octanol–water partition coefficient (Wildman–Crippen LogP) is 1.66. The van der Waals surface area contributed by atoms with Crippen LogP contribution in [-0.4, -0.2) is 27.5 Å². The maximum absolute atomic E-state index is 11.2. The van der Waals surface area contributed by atoms with E-state index in [0.29, 0.717) is 0 Å². The highest BCUT2D eigenvalue weighted by Gasteiger charge is 2.13. The van der Waals surface area contributed by atoms with E-state index in [1.165, 1.54) is 19.1 Å². The molecule has 0 bridgehead atoms. The summed E-state index contributed by atoms with van der Waals surface area (Å²) in [6.45, 7) is 1.47. The maximum Gasteiger partial charge on any atom is 0.335 e. The average Bonchev–Trinajstić information content (AvgIpc) is 2.20. The molecule has 3 N–H and O–H groups in total. The van der Waals surface area contributed by atoms with Gasteiger partial charge < -0.3 is 15.5 Å². The summed E-state index contributed by atoms with van der Waals surface area (Å²) < 4.78 is 0. The first-order chi connectivity index (χ1) is 7.41. The van der Waals surface area contributed by atoms with Gasteiger partial charge in [-0.2, -0.15) is 0 Å². The number of aromatic carboxylic acids is 1. The number of carboxylic acid groups (broad SMARTS) is 1. The maximum atomic E-state index is 11.2. The Morgan fingerprint density at radius 3 is 2.56 bits per heavy atom. The van der Waals surface area contributed by atoms with Gasteiger partial charge in [-0.05, 0) is 25.1 Å². The largest absolute Gasteiger partial charge is 0.506 e. The van der Waals surface area contributed by atoms with E-state index in [1.807, 2.05) is 0 Å². The van der Waals surface area contributed by atoms with Crippen LogP contribution in [0.5, 0.6) is 5.75 Å². The van der Waals surface area contributed by atoms with Gasteiger partial charge in [0.05, 0.1) is 11.3 Å². The number of carbonyl (C=O) groups excluding carboxylic acids is 1. The van der Waals surface area contributed by atoms with Crippen LogP contribution in [0.3, 0.4) is 0 Å². The van der Waals surface area contributed by atoms with E-state index < -0.39 is 17.3 Å². The standard InChI is InChI=1S/C10H10ClNO4/c1-5(11)9(14)12-7-4-6(10(15)16)2-3-8(7)13/h2-5,13H,1H3,(H,12,14)(H,15,16). The molecule has 0 fully saturated rings. The second kappa shape index (κ2) is 4.85. The van der Waals surface area contributed by atoms with Crippen LogP contribution in [0.1, 0.15) is 17.3 Å². The van der Waals surface area contributed by atoms with Gasteiger partial charge in [0.25, 0.3) is 0 Å². The molecule has 5 nitrogen and oxygen atoms in total. The number of rotatable bonds is 3. The molecule has 0 aromatic heterocycles. The summed E-state index contributed by atoms with van der Waals surface area (Å²) in [4.78, 5) is 21.9.